The number of aromatic amines is 1. The maximum atomic E-state index is 12.6. The molecule has 3 heterocycles. The molecule has 2 aromatic heterocycles. The van der Waals surface area contributed by atoms with Crippen LogP contribution >= 0.6 is 0 Å². The largest absolute Gasteiger partial charge is 0.469 e. The number of carbonyl (C=O) groups is 1. The zero-order valence-electron chi connectivity index (χ0n) is 19.7. The number of fused-ring (bicyclic) bond motifs is 1. The molecule has 0 saturated carbocycles. The van der Waals surface area contributed by atoms with Gasteiger partial charge in [-0.25, -0.2) is 4.79 Å². The van der Waals surface area contributed by atoms with Crippen LogP contribution in [0.2, 0.25) is 0 Å². The second-order valence-corrected chi connectivity index (χ2v) is 8.70. The molecule has 1 aliphatic rings. The lowest BCUT2D eigenvalue weighted by atomic mass is 9.96. The van der Waals surface area contributed by atoms with Crippen LogP contribution in [0, 0.1) is 5.92 Å². The summed E-state index contributed by atoms with van der Waals surface area (Å²) < 4.78 is 12.0. The van der Waals surface area contributed by atoms with Gasteiger partial charge in [0.25, 0.3) is 0 Å². The van der Waals surface area contributed by atoms with Gasteiger partial charge in [-0.1, -0.05) is 37.6 Å². The maximum Gasteiger partial charge on any atom is 0.328 e. The third-order valence-electron chi connectivity index (χ3n) is 6.25. The van der Waals surface area contributed by atoms with E-state index in [0.717, 1.165) is 50.9 Å². The van der Waals surface area contributed by atoms with Crippen LogP contribution in [0.25, 0.3) is 11.2 Å². The molecule has 4 rings (SSSR count). The van der Waals surface area contributed by atoms with Crippen LogP contribution in [-0.2, 0) is 22.6 Å². The van der Waals surface area contributed by atoms with Crippen molar-refractivity contribution in [3.05, 3.63) is 45.9 Å². The number of nitrogens with zero attached hydrogens (tertiary/aromatic N) is 4. The number of likely N-dealkylation sites (tertiary alicyclic amines) is 1. The lowest BCUT2D eigenvalue weighted by Gasteiger charge is -2.30. The van der Waals surface area contributed by atoms with E-state index in [1.165, 1.54) is 12.7 Å². The summed E-state index contributed by atoms with van der Waals surface area (Å²) in [7, 11) is 1.45. The average Bonchev–Trinajstić information content (AvgIpc) is 3.16. The Morgan fingerprint density at radius 3 is 2.47 bits per heavy atom. The topological polar surface area (TPSA) is 128 Å². The number of unbranched alkanes of at least 4 members (excludes halogenated alkanes) is 1. The molecular weight excluding hydrogens is 436 g/mol. The minimum absolute atomic E-state index is 0.00789. The van der Waals surface area contributed by atoms with Crippen molar-refractivity contribution in [1.29, 1.82) is 0 Å². The van der Waals surface area contributed by atoms with Gasteiger partial charge in [-0.15, -0.1) is 0 Å². The Hall–Kier alpha value is -3.40. The number of piperidine rings is 1. The van der Waals surface area contributed by atoms with Crippen molar-refractivity contribution >= 4 is 23.0 Å². The van der Waals surface area contributed by atoms with Crippen LogP contribution in [0.5, 0.6) is 6.01 Å². The molecule has 182 valence electrons. The molecule has 0 spiro atoms. The number of nitrogen functional groups attached to an aromatic ring is 1. The zero-order valence-corrected chi connectivity index (χ0v) is 19.7. The van der Waals surface area contributed by atoms with Crippen molar-refractivity contribution in [2.24, 2.45) is 5.92 Å². The molecule has 3 N–H and O–H groups in total. The Kier molecular flexibility index (Phi) is 7.46. The molecule has 1 aromatic carbocycles. The van der Waals surface area contributed by atoms with E-state index in [-0.39, 0.29) is 29.4 Å². The molecule has 10 heteroatoms. The fraction of sp³-hybridized carbons (Fsp3) is 0.500. The molecule has 34 heavy (non-hydrogen) atoms. The number of imidazole rings is 1. The highest BCUT2D eigenvalue weighted by Crippen LogP contribution is 2.21. The smallest absolute Gasteiger partial charge is 0.328 e. The van der Waals surface area contributed by atoms with Crippen LogP contribution in [0.1, 0.15) is 43.7 Å². The second kappa shape index (κ2) is 10.7. The van der Waals surface area contributed by atoms with Crippen LogP contribution < -0.4 is 16.2 Å². The molecule has 10 nitrogen and oxygen atoms in total. The number of aromatic nitrogens is 4. The molecule has 1 fully saturated rings. The van der Waals surface area contributed by atoms with Gasteiger partial charge in [-0.2, -0.15) is 9.97 Å². The number of hydrogen-bond acceptors (Lipinski definition) is 8. The van der Waals surface area contributed by atoms with E-state index >= 15 is 0 Å². The van der Waals surface area contributed by atoms with Gasteiger partial charge in [-0.05, 0) is 43.5 Å². The van der Waals surface area contributed by atoms with E-state index in [9.17, 15) is 9.59 Å². The fourth-order valence-electron chi connectivity index (χ4n) is 4.23. The average molecular weight is 469 g/mol. The molecule has 3 aromatic rings. The molecule has 1 saturated heterocycles. The lowest BCUT2D eigenvalue weighted by Crippen LogP contribution is -2.36. The summed E-state index contributed by atoms with van der Waals surface area (Å²) in [6, 6.07) is 8.36. The number of H-pyrrole nitrogens is 1. The number of rotatable bonds is 9. The number of methoxy groups -OCH3 is 1. The third-order valence-corrected chi connectivity index (χ3v) is 6.25. The van der Waals surface area contributed by atoms with Crippen molar-refractivity contribution in [3.63, 3.8) is 0 Å². The standard InChI is InChI=1S/C24H32N6O4/c1-3-4-13-34-23-27-20(25)19-21(28-23)30(24(32)26-19)15-17-7-5-16(6-8-17)14-29-11-9-18(10-12-29)22(31)33-2/h5-8,18H,3-4,9-15H2,1-2H3,(H,26,32)(H2,25,27,28). The Bertz CT molecular complexity index is 1180. The SMILES string of the molecule is CCCCOc1nc(N)c2[nH]c(=O)n(Cc3ccc(CN4CCC(C(=O)OC)CC4)cc3)c2n1. The van der Waals surface area contributed by atoms with Crippen molar-refractivity contribution in [2.75, 3.05) is 32.5 Å². The highest BCUT2D eigenvalue weighted by Gasteiger charge is 2.25. The molecule has 0 atom stereocenters. The number of hydrogen-bond donors (Lipinski definition) is 2. The summed E-state index contributed by atoms with van der Waals surface area (Å²) in [5.74, 6) is 0.0929. The molecule has 0 unspecified atom stereocenters. The van der Waals surface area contributed by atoms with Gasteiger partial charge in [0.05, 0.1) is 26.2 Å². The number of benzene rings is 1. The van der Waals surface area contributed by atoms with E-state index in [1.54, 1.807) is 4.57 Å². The van der Waals surface area contributed by atoms with Crippen molar-refractivity contribution in [1.82, 2.24) is 24.4 Å². The van der Waals surface area contributed by atoms with E-state index in [2.05, 4.69) is 38.9 Å². The van der Waals surface area contributed by atoms with Gasteiger partial charge in [0.1, 0.15) is 5.52 Å². The molecule has 0 radical (unpaired) electrons. The predicted molar refractivity (Wildman–Crippen MR) is 129 cm³/mol. The highest BCUT2D eigenvalue weighted by molar-refractivity contribution is 5.82. The maximum absolute atomic E-state index is 12.6. The summed E-state index contributed by atoms with van der Waals surface area (Å²) in [5, 5.41) is 0. The molecule has 0 amide bonds. The minimum atomic E-state index is -0.292. The first-order valence-electron chi connectivity index (χ1n) is 11.7. The Labute approximate surface area is 198 Å². The molecule has 1 aliphatic heterocycles. The van der Waals surface area contributed by atoms with Gasteiger partial charge in [-0.3, -0.25) is 14.3 Å². The van der Waals surface area contributed by atoms with Crippen molar-refractivity contribution in [3.8, 4) is 6.01 Å². The van der Waals surface area contributed by atoms with E-state index < -0.39 is 0 Å². The molecular formula is C24H32N6O4. The van der Waals surface area contributed by atoms with Crippen molar-refractivity contribution < 1.29 is 14.3 Å². The first-order valence-corrected chi connectivity index (χ1v) is 11.7. The molecule has 0 aliphatic carbocycles. The summed E-state index contributed by atoms with van der Waals surface area (Å²) in [5.41, 5.74) is 8.75. The van der Waals surface area contributed by atoms with Gasteiger partial charge in [0.15, 0.2) is 11.5 Å². The predicted octanol–water partition coefficient (Wildman–Crippen LogP) is 2.31. The Balaban J connectivity index is 1.43. The number of carbonyl (C=O) groups excluding carboxylic acids is 1. The number of esters is 1. The van der Waals surface area contributed by atoms with Crippen LogP contribution in [0.3, 0.4) is 0 Å². The van der Waals surface area contributed by atoms with Gasteiger partial charge >= 0.3 is 17.7 Å². The Morgan fingerprint density at radius 2 is 1.82 bits per heavy atom. The fourth-order valence-corrected chi connectivity index (χ4v) is 4.23. The van der Waals surface area contributed by atoms with E-state index in [0.29, 0.717) is 24.3 Å². The van der Waals surface area contributed by atoms with Gasteiger partial charge in [0, 0.05) is 6.54 Å². The summed E-state index contributed by atoms with van der Waals surface area (Å²) in [4.78, 5) is 38.0. The van der Waals surface area contributed by atoms with Crippen LogP contribution in [0.4, 0.5) is 5.82 Å². The lowest BCUT2D eigenvalue weighted by molar-refractivity contribution is -0.147. The highest BCUT2D eigenvalue weighted by atomic mass is 16.5. The zero-order chi connectivity index (χ0) is 24.1. The monoisotopic (exact) mass is 468 g/mol. The normalized spacial score (nSPS) is 15.0. The van der Waals surface area contributed by atoms with Gasteiger partial charge in [0.2, 0.25) is 0 Å². The second-order valence-electron chi connectivity index (χ2n) is 8.70. The number of nitrogens with one attached hydrogen (secondary N) is 1. The number of nitrogens with two attached hydrogens (primary N) is 1. The summed E-state index contributed by atoms with van der Waals surface area (Å²) >= 11 is 0. The summed E-state index contributed by atoms with van der Waals surface area (Å²) in [6.07, 6.45) is 3.53. The first kappa shape index (κ1) is 23.7. The Morgan fingerprint density at radius 1 is 1.15 bits per heavy atom. The van der Waals surface area contributed by atoms with E-state index in [4.69, 9.17) is 15.2 Å². The minimum Gasteiger partial charge on any atom is -0.469 e. The van der Waals surface area contributed by atoms with Crippen LogP contribution in [-0.4, -0.2) is 57.2 Å². The quantitative estimate of drug-likeness (QED) is 0.362. The van der Waals surface area contributed by atoms with Gasteiger partial charge < -0.3 is 20.2 Å². The summed E-state index contributed by atoms with van der Waals surface area (Å²) in [6.45, 7) is 5.49. The number of ether oxygens (including phenoxy) is 2. The first-order chi connectivity index (χ1) is 16.5. The van der Waals surface area contributed by atoms with Crippen molar-refractivity contribution in [2.45, 2.75) is 45.7 Å². The van der Waals surface area contributed by atoms with E-state index in [1.807, 2.05) is 12.1 Å². The van der Waals surface area contributed by atoms with Crippen LogP contribution in [0.15, 0.2) is 29.1 Å². The molecule has 0 bridgehead atoms. The number of anilines is 1. The third kappa shape index (κ3) is 5.39.